The predicted molar refractivity (Wildman–Crippen MR) is 102 cm³/mol. The fraction of sp³-hybridized carbons (Fsp3) is 0.350. The van der Waals surface area contributed by atoms with Crippen LogP contribution < -0.4 is 0 Å². The Labute approximate surface area is 160 Å². The SMILES string of the molecule is C[C@@H]1c2ccccc2CCN1C(=O)c1cc(C2CC2)n2nc(Br)cc2n1. The molecule has 1 aromatic carbocycles. The van der Waals surface area contributed by atoms with Crippen molar-refractivity contribution in [2.45, 2.75) is 38.1 Å². The van der Waals surface area contributed by atoms with Gasteiger partial charge in [-0.25, -0.2) is 9.50 Å². The van der Waals surface area contributed by atoms with Gasteiger partial charge in [0, 0.05) is 24.2 Å². The van der Waals surface area contributed by atoms with E-state index in [9.17, 15) is 4.79 Å². The number of hydrogen-bond donors (Lipinski definition) is 0. The maximum atomic E-state index is 13.3. The largest absolute Gasteiger partial charge is 0.330 e. The van der Waals surface area contributed by atoms with Gasteiger partial charge in [-0.2, -0.15) is 5.10 Å². The van der Waals surface area contributed by atoms with Crippen molar-refractivity contribution in [1.82, 2.24) is 19.5 Å². The lowest BCUT2D eigenvalue weighted by Gasteiger charge is -2.35. The third-order valence-corrected chi connectivity index (χ3v) is 5.88. The quantitative estimate of drug-likeness (QED) is 0.637. The zero-order valence-electron chi connectivity index (χ0n) is 14.5. The van der Waals surface area contributed by atoms with Gasteiger partial charge < -0.3 is 4.90 Å². The van der Waals surface area contributed by atoms with Crippen LogP contribution in [0.2, 0.25) is 0 Å². The molecule has 1 saturated carbocycles. The molecule has 0 bridgehead atoms. The first-order valence-electron chi connectivity index (χ1n) is 9.07. The van der Waals surface area contributed by atoms with Crippen molar-refractivity contribution < 1.29 is 4.79 Å². The van der Waals surface area contributed by atoms with Crippen molar-refractivity contribution in [2.75, 3.05) is 6.54 Å². The van der Waals surface area contributed by atoms with Crippen LogP contribution in [0.25, 0.3) is 5.65 Å². The van der Waals surface area contributed by atoms with Crippen LogP contribution in [0.1, 0.15) is 59.0 Å². The molecule has 1 amide bonds. The summed E-state index contributed by atoms with van der Waals surface area (Å²) in [4.78, 5) is 19.8. The molecule has 132 valence electrons. The standard InChI is InChI=1S/C20H19BrN4O/c1-12-15-5-3-2-4-13(15)8-9-24(12)20(26)16-10-17(14-6-7-14)25-19(22-16)11-18(21)23-25/h2-5,10-12,14H,6-9H2,1H3/t12-/m1/s1. The summed E-state index contributed by atoms with van der Waals surface area (Å²) < 4.78 is 2.62. The molecule has 1 aliphatic heterocycles. The van der Waals surface area contributed by atoms with E-state index in [-0.39, 0.29) is 11.9 Å². The van der Waals surface area contributed by atoms with Gasteiger partial charge in [-0.15, -0.1) is 0 Å². The number of carbonyl (C=O) groups is 1. The van der Waals surface area contributed by atoms with Gasteiger partial charge in [0.2, 0.25) is 0 Å². The molecule has 5 nitrogen and oxygen atoms in total. The number of benzene rings is 1. The zero-order chi connectivity index (χ0) is 17.8. The fourth-order valence-electron chi connectivity index (χ4n) is 3.95. The lowest BCUT2D eigenvalue weighted by atomic mass is 9.93. The molecule has 2 aromatic heterocycles. The minimum atomic E-state index is 0.00808. The highest BCUT2D eigenvalue weighted by atomic mass is 79.9. The molecule has 6 heteroatoms. The molecule has 3 heterocycles. The van der Waals surface area contributed by atoms with Crippen LogP contribution in [0.5, 0.6) is 0 Å². The van der Waals surface area contributed by atoms with Crippen molar-refractivity contribution in [2.24, 2.45) is 0 Å². The normalized spacial score (nSPS) is 19.6. The second-order valence-electron chi connectivity index (χ2n) is 7.20. The Morgan fingerprint density at radius 3 is 2.85 bits per heavy atom. The zero-order valence-corrected chi connectivity index (χ0v) is 16.1. The van der Waals surface area contributed by atoms with E-state index in [1.165, 1.54) is 11.1 Å². The van der Waals surface area contributed by atoms with E-state index in [2.05, 4.69) is 51.1 Å². The molecule has 3 aromatic rings. The minimum Gasteiger partial charge on any atom is -0.330 e. The number of nitrogens with zero attached hydrogens (tertiary/aromatic N) is 4. The summed E-state index contributed by atoms with van der Waals surface area (Å²) in [6.07, 6.45) is 3.19. The molecule has 0 saturated heterocycles. The average molecular weight is 411 g/mol. The molecule has 5 rings (SSSR count). The van der Waals surface area contributed by atoms with Gasteiger partial charge in [0.25, 0.3) is 5.91 Å². The molecule has 1 aliphatic carbocycles. The van der Waals surface area contributed by atoms with Crippen molar-refractivity contribution in [3.63, 3.8) is 0 Å². The maximum Gasteiger partial charge on any atom is 0.273 e. The Hall–Kier alpha value is -2.21. The highest BCUT2D eigenvalue weighted by Gasteiger charge is 2.32. The summed E-state index contributed by atoms with van der Waals surface area (Å²) >= 11 is 3.43. The van der Waals surface area contributed by atoms with Crippen LogP contribution >= 0.6 is 15.9 Å². The Balaban J connectivity index is 1.55. The number of hydrogen-bond acceptors (Lipinski definition) is 3. The van der Waals surface area contributed by atoms with Gasteiger partial charge in [-0.05, 0) is 59.3 Å². The van der Waals surface area contributed by atoms with Crippen molar-refractivity contribution >= 4 is 27.5 Å². The van der Waals surface area contributed by atoms with Crippen LogP contribution in [-0.4, -0.2) is 31.9 Å². The second kappa shape index (κ2) is 5.91. The third kappa shape index (κ3) is 2.55. The summed E-state index contributed by atoms with van der Waals surface area (Å²) in [7, 11) is 0. The van der Waals surface area contributed by atoms with Crippen LogP contribution in [0.4, 0.5) is 0 Å². The van der Waals surface area contributed by atoms with E-state index in [4.69, 9.17) is 0 Å². The lowest BCUT2D eigenvalue weighted by molar-refractivity contribution is 0.0671. The van der Waals surface area contributed by atoms with Crippen LogP contribution in [-0.2, 0) is 6.42 Å². The van der Waals surface area contributed by atoms with E-state index < -0.39 is 0 Å². The van der Waals surface area contributed by atoms with E-state index in [0.717, 1.165) is 41.8 Å². The van der Waals surface area contributed by atoms with E-state index in [0.29, 0.717) is 11.6 Å². The van der Waals surface area contributed by atoms with E-state index >= 15 is 0 Å². The van der Waals surface area contributed by atoms with Crippen molar-refractivity contribution in [1.29, 1.82) is 0 Å². The molecule has 1 fully saturated rings. The molecular formula is C20H19BrN4O. The topological polar surface area (TPSA) is 50.5 Å². The highest BCUT2D eigenvalue weighted by molar-refractivity contribution is 9.10. The van der Waals surface area contributed by atoms with Gasteiger partial charge in [0.05, 0.1) is 6.04 Å². The Morgan fingerprint density at radius 2 is 2.04 bits per heavy atom. The van der Waals surface area contributed by atoms with Gasteiger partial charge in [0.15, 0.2) is 5.65 Å². The van der Waals surface area contributed by atoms with Gasteiger partial charge >= 0.3 is 0 Å². The van der Waals surface area contributed by atoms with Crippen LogP contribution in [0.3, 0.4) is 0 Å². The smallest absolute Gasteiger partial charge is 0.273 e. The number of rotatable bonds is 2. The summed E-state index contributed by atoms with van der Waals surface area (Å²) in [6, 6.07) is 12.3. The molecule has 2 aliphatic rings. The first-order valence-corrected chi connectivity index (χ1v) is 9.86. The van der Waals surface area contributed by atoms with Crippen molar-refractivity contribution in [3.05, 3.63) is 63.5 Å². The molecule has 26 heavy (non-hydrogen) atoms. The minimum absolute atomic E-state index is 0.00808. The Morgan fingerprint density at radius 1 is 1.23 bits per heavy atom. The molecule has 0 spiro atoms. The summed E-state index contributed by atoms with van der Waals surface area (Å²) in [6.45, 7) is 2.83. The maximum absolute atomic E-state index is 13.3. The molecule has 0 unspecified atom stereocenters. The van der Waals surface area contributed by atoms with Crippen LogP contribution in [0.15, 0.2) is 41.0 Å². The van der Waals surface area contributed by atoms with Crippen LogP contribution in [0, 0.1) is 0 Å². The number of fused-ring (bicyclic) bond motifs is 2. The highest BCUT2D eigenvalue weighted by Crippen LogP contribution is 2.40. The predicted octanol–water partition coefficient (Wildman–Crippen LogP) is 4.13. The molecule has 0 N–H and O–H groups in total. The molecule has 1 atom stereocenters. The second-order valence-corrected chi connectivity index (χ2v) is 8.01. The summed E-state index contributed by atoms with van der Waals surface area (Å²) in [5.41, 5.74) is 4.93. The first kappa shape index (κ1) is 16.0. The van der Waals surface area contributed by atoms with E-state index in [1.54, 1.807) is 0 Å². The van der Waals surface area contributed by atoms with Crippen molar-refractivity contribution in [3.8, 4) is 0 Å². The Kier molecular flexibility index (Phi) is 3.64. The Bertz CT molecular complexity index is 1020. The monoisotopic (exact) mass is 410 g/mol. The molecular weight excluding hydrogens is 392 g/mol. The number of carbonyl (C=O) groups excluding carboxylic acids is 1. The number of halogens is 1. The fourth-order valence-corrected chi connectivity index (χ4v) is 4.31. The lowest BCUT2D eigenvalue weighted by Crippen LogP contribution is -2.39. The summed E-state index contributed by atoms with van der Waals surface area (Å²) in [5, 5.41) is 4.48. The number of aromatic nitrogens is 3. The van der Waals surface area contributed by atoms with Gasteiger partial charge in [0.1, 0.15) is 10.3 Å². The van der Waals surface area contributed by atoms with E-state index in [1.807, 2.05) is 27.6 Å². The average Bonchev–Trinajstić information content (AvgIpc) is 3.41. The summed E-state index contributed by atoms with van der Waals surface area (Å²) in [5.74, 6) is 0.493. The number of amides is 1. The van der Waals surface area contributed by atoms with Gasteiger partial charge in [-0.3, -0.25) is 4.79 Å². The first-order chi connectivity index (χ1) is 12.6. The molecule has 0 radical (unpaired) electrons. The van der Waals surface area contributed by atoms with Gasteiger partial charge in [-0.1, -0.05) is 24.3 Å². The third-order valence-electron chi connectivity index (χ3n) is 5.50.